The molecule has 4 rings (SSSR count). The van der Waals surface area contributed by atoms with E-state index >= 15 is 0 Å². The number of nitrogens with zero attached hydrogens (tertiary/aromatic N) is 1. The van der Waals surface area contributed by atoms with Crippen LogP contribution in [0, 0.1) is 0 Å². The molecule has 2 fully saturated rings. The first kappa shape index (κ1) is 19.5. The van der Waals surface area contributed by atoms with Crippen molar-refractivity contribution in [2.45, 2.75) is 49.8 Å². The minimum atomic E-state index is -0.702. The lowest BCUT2D eigenvalue weighted by Crippen LogP contribution is -2.47. The first-order chi connectivity index (χ1) is 13.7. The summed E-state index contributed by atoms with van der Waals surface area (Å²) in [6, 6.07) is 19.7. The SMILES string of the molecule is CNC(O)C[C@@H]1[C@@H](O)[C@@H]2OC(c3ccccc3)OC[C@H]2N1Cc1ccccc1. The van der Waals surface area contributed by atoms with Crippen molar-refractivity contribution in [3.05, 3.63) is 71.8 Å². The van der Waals surface area contributed by atoms with Crippen molar-refractivity contribution in [1.29, 1.82) is 0 Å². The quantitative estimate of drug-likeness (QED) is 0.658. The minimum Gasteiger partial charge on any atom is -0.389 e. The van der Waals surface area contributed by atoms with Crippen molar-refractivity contribution >= 4 is 0 Å². The van der Waals surface area contributed by atoms with Crippen molar-refractivity contribution in [3.63, 3.8) is 0 Å². The fourth-order valence-electron chi connectivity index (χ4n) is 4.24. The number of ether oxygens (including phenoxy) is 2. The Morgan fingerprint density at radius 1 is 1.11 bits per heavy atom. The number of hydrogen-bond acceptors (Lipinski definition) is 6. The molecular weight excluding hydrogens is 356 g/mol. The fraction of sp³-hybridized carbons (Fsp3) is 0.455. The average Bonchev–Trinajstić information content (AvgIpc) is 3.00. The van der Waals surface area contributed by atoms with Crippen LogP contribution in [0.4, 0.5) is 0 Å². The van der Waals surface area contributed by atoms with Gasteiger partial charge in [-0.2, -0.15) is 0 Å². The van der Waals surface area contributed by atoms with Crippen LogP contribution in [0.5, 0.6) is 0 Å². The predicted octanol–water partition coefficient (Wildman–Crippen LogP) is 1.64. The summed E-state index contributed by atoms with van der Waals surface area (Å²) in [5.41, 5.74) is 2.10. The van der Waals surface area contributed by atoms with Crippen molar-refractivity contribution in [2.75, 3.05) is 13.7 Å². The summed E-state index contributed by atoms with van der Waals surface area (Å²) < 4.78 is 12.2. The van der Waals surface area contributed by atoms with Gasteiger partial charge in [0.25, 0.3) is 0 Å². The topological polar surface area (TPSA) is 74.2 Å². The van der Waals surface area contributed by atoms with Gasteiger partial charge in [-0.25, -0.2) is 0 Å². The Morgan fingerprint density at radius 2 is 1.79 bits per heavy atom. The van der Waals surface area contributed by atoms with Crippen molar-refractivity contribution < 1.29 is 19.7 Å². The highest BCUT2D eigenvalue weighted by Crippen LogP contribution is 2.38. The Labute approximate surface area is 165 Å². The normalized spacial score (nSPS) is 31.5. The second kappa shape index (κ2) is 8.69. The number of benzene rings is 2. The monoisotopic (exact) mass is 384 g/mol. The van der Waals surface area contributed by atoms with Gasteiger partial charge in [0.05, 0.1) is 18.8 Å². The summed E-state index contributed by atoms with van der Waals surface area (Å²) in [6.07, 6.45) is -1.83. The van der Waals surface area contributed by atoms with E-state index in [0.717, 1.165) is 11.1 Å². The Morgan fingerprint density at radius 3 is 2.46 bits per heavy atom. The summed E-state index contributed by atoms with van der Waals surface area (Å²) >= 11 is 0. The molecule has 6 nitrogen and oxygen atoms in total. The van der Waals surface area contributed by atoms with Crippen LogP contribution in [0.2, 0.25) is 0 Å². The van der Waals surface area contributed by atoms with Gasteiger partial charge in [0.2, 0.25) is 0 Å². The van der Waals surface area contributed by atoms with E-state index in [9.17, 15) is 10.2 Å². The van der Waals surface area contributed by atoms with Gasteiger partial charge in [-0.15, -0.1) is 0 Å². The average molecular weight is 384 g/mol. The van der Waals surface area contributed by atoms with Gasteiger partial charge in [-0.1, -0.05) is 60.7 Å². The molecule has 2 aliphatic heterocycles. The zero-order valence-corrected chi connectivity index (χ0v) is 16.0. The lowest BCUT2D eigenvalue weighted by molar-refractivity contribution is -0.242. The summed E-state index contributed by atoms with van der Waals surface area (Å²) in [5.74, 6) is 0. The molecule has 0 radical (unpaired) electrons. The summed E-state index contributed by atoms with van der Waals surface area (Å²) in [5, 5.41) is 24.1. The molecule has 0 saturated carbocycles. The molecule has 0 bridgehead atoms. The maximum absolute atomic E-state index is 11.1. The van der Waals surface area contributed by atoms with Gasteiger partial charge >= 0.3 is 0 Å². The fourth-order valence-corrected chi connectivity index (χ4v) is 4.24. The lowest BCUT2D eigenvalue weighted by Gasteiger charge is -2.37. The Kier molecular flexibility index (Phi) is 6.06. The standard InChI is InChI=1S/C22H28N2O4/c1-23-19(25)12-17-20(26)21-18(24(17)13-15-8-4-2-5-9-15)14-27-22(28-21)16-10-6-3-7-11-16/h2-11,17-23,25-26H,12-14H2,1H3/t17-,18-,19?,20-,21-,22?/m1/s1. The molecular formula is C22H28N2O4. The van der Waals surface area contributed by atoms with Gasteiger partial charge in [0, 0.05) is 24.6 Å². The molecule has 2 aromatic carbocycles. The zero-order chi connectivity index (χ0) is 19.5. The maximum atomic E-state index is 11.1. The van der Waals surface area contributed by atoms with E-state index in [2.05, 4.69) is 22.3 Å². The van der Waals surface area contributed by atoms with Crippen LogP contribution in [0.25, 0.3) is 0 Å². The van der Waals surface area contributed by atoms with E-state index in [-0.39, 0.29) is 18.2 Å². The van der Waals surface area contributed by atoms with Gasteiger partial charge in [0.15, 0.2) is 6.29 Å². The second-order valence-corrected chi connectivity index (χ2v) is 7.50. The van der Waals surface area contributed by atoms with Crippen molar-refractivity contribution in [1.82, 2.24) is 10.2 Å². The third kappa shape index (κ3) is 3.98. The number of aliphatic hydroxyl groups excluding tert-OH is 2. The van der Waals surface area contributed by atoms with Crippen molar-refractivity contribution in [3.8, 4) is 0 Å². The summed E-state index contributed by atoms with van der Waals surface area (Å²) in [6.45, 7) is 1.14. The van der Waals surface area contributed by atoms with Crippen LogP contribution in [0.1, 0.15) is 23.8 Å². The van der Waals surface area contributed by atoms with E-state index in [0.29, 0.717) is 19.6 Å². The van der Waals surface area contributed by atoms with Crippen LogP contribution < -0.4 is 5.32 Å². The number of aliphatic hydroxyl groups is 2. The highest BCUT2D eigenvalue weighted by molar-refractivity contribution is 5.19. The highest BCUT2D eigenvalue weighted by atomic mass is 16.7. The van der Waals surface area contributed by atoms with E-state index in [4.69, 9.17) is 9.47 Å². The maximum Gasteiger partial charge on any atom is 0.184 e. The van der Waals surface area contributed by atoms with E-state index in [1.54, 1.807) is 7.05 Å². The number of hydrogen-bond donors (Lipinski definition) is 3. The smallest absolute Gasteiger partial charge is 0.184 e. The van der Waals surface area contributed by atoms with Crippen molar-refractivity contribution in [2.24, 2.45) is 0 Å². The van der Waals surface area contributed by atoms with Gasteiger partial charge in [-0.05, 0) is 12.6 Å². The largest absolute Gasteiger partial charge is 0.389 e. The molecule has 2 saturated heterocycles. The number of likely N-dealkylation sites (tertiary alicyclic amines) is 1. The van der Waals surface area contributed by atoms with Crippen LogP contribution in [0.15, 0.2) is 60.7 Å². The van der Waals surface area contributed by atoms with Gasteiger partial charge in [0.1, 0.15) is 12.3 Å². The van der Waals surface area contributed by atoms with Crippen LogP contribution >= 0.6 is 0 Å². The third-order valence-electron chi connectivity index (χ3n) is 5.74. The first-order valence-electron chi connectivity index (χ1n) is 9.82. The van der Waals surface area contributed by atoms with Crippen LogP contribution in [-0.4, -0.2) is 59.3 Å². The molecule has 28 heavy (non-hydrogen) atoms. The molecule has 0 spiro atoms. The number of nitrogens with one attached hydrogen (secondary N) is 1. The Hall–Kier alpha value is -1.80. The summed E-state index contributed by atoms with van der Waals surface area (Å²) in [4.78, 5) is 2.21. The predicted molar refractivity (Wildman–Crippen MR) is 105 cm³/mol. The van der Waals surface area contributed by atoms with Crippen LogP contribution in [-0.2, 0) is 16.0 Å². The first-order valence-corrected chi connectivity index (χ1v) is 9.82. The molecule has 2 heterocycles. The molecule has 0 aliphatic carbocycles. The minimum absolute atomic E-state index is 0.0655. The molecule has 0 amide bonds. The highest BCUT2D eigenvalue weighted by Gasteiger charge is 2.52. The Bertz CT molecular complexity index is 745. The Balaban J connectivity index is 1.56. The number of rotatable bonds is 6. The number of fused-ring (bicyclic) bond motifs is 1. The molecule has 0 aromatic heterocycles. The zero-order valence-electron chi connectivity index (χ0n) is 16.0. The van der Waals surface area contributed by atoms with Gasteiger partial charge in [-0.3, -0.25) is 10.2 Å². The molecule has 3 N–H and O–H groups in total. The van der Waals surface area contributed by atoms with E-state index in [1.807, 2.05) is 48.5 Å². The van der Waals surface area contributed by atoms with Crippen LogP contribution in [0.3, 0.4) is 0 Å². The van der Waals surface area contributed by atoms with E-state index < -0.39 is 18.6 Å². The van der Waals surface area contributed by atoms with E-state index in [1.165, 1.54) is 0 Å². The molecule has 2 aliphatic rings. The van der Waals surface area contributed by atoms with Gasteiger partial charge < -0.3 is 19.7 Å². The molecule has 150 valence electrons. The third-order valence-corrected chi connectivity index (χ3v) is 5.74. The molecule has 2 aromatic rings. The summed E-state index contributed by atoms with van der Waals surface area (Å²) in [7, 11) is 1.71. The molecule has 6 heteroatoms. The lowest BCUT2D eigenvalue weighted by atomic mass is 10.0. The molecule has 2 unspecified atom stereocenters. The second-order valence-electron chi connectivity index (χ2n) is 7.50. The molecule has 6 atom stereocenters.